The van der Waals surface area contributed by atoms with E-state index in [0.717, 1.165) is 37.3 Å². The Bertz CT molecular complexity index is 766. The van der Waals surface area contributed by atoms with Gasteiger partial charge in [0.1, 0.15) is 5.75 Å². The average molecular weight is 326 g/mol. The van der Waals surface area contributed by atoms with E-state index >= 15 is 0 Å². The SMILES string of the molecule is COc1ccc2c(c1)CCN1C3=C(C(=O)CCC3)/C(=N\O)[C@@H](C)[C@@H]21. The van der Waals surface area contributed by atoms with Crippen LogP contribution in [0.3, 0.4) is 0 Å². The number of oxime groups is 1. The van der Waals surface area contributed by atoms with Gasteiger partial charge < -0.3 is 14.8 Å². The van der Waals surface area contributed by atoms with Crippen LogP contribution in [0, 0.1) is 5.92 Å². The standard InChI is InChI=1S/C19H22N2O3/c1-11-18(20-23)17-15(4-3-5-16(17)22)21-9-8-12-10-13(24-2)6-7-14(12)19(11)21/h6-7,10-11,19,23H,3-5,8-9H2,1-2H3/b20-18-/t11-,19+/m1/s1. The van der Waals surface area contributed by atoms with Gasteiger partial charge in [0, 0.05) is 24.6 Å². The van der Waals surface area contributed by atoms with Crippen molar-refractivity contribution in [1.82, 2.24) is 4.90 Å². The van der Waals surface area contributed by atoms with Gasteiger partial charge in [-0.25, -0.2) is 0 Å². The summed E-state index contributed by atoms with van der Waals surface area (Å²) in [7, 11) is 1.68. The molecule has 0 saturated heterocycles. The molecule has 0 fully saturated rings. The van der Waals surface area contributed by atoms with Crippen LogP contribution in [0.5, 0.6) is 5.75 Å². The number of nitrogens with zero attached hydrogens (tertiary/aromatic N) is 2. The fourth-order valence-corrected chi connectivity index (χ4v) is 4.53. The summed E-state index contributed by atoms with van der Waals surface area (Å²) in [4.78, 5) is 14.8. The van der Waals surface area contributed by atoms with E-state index in [1.54, 1.807) is 7.11 Å². The minimum absolute atomic E-state index is 0.0248. The van der Waals surface area contributed by atoms with Gasteiger partial charge in [-0.15, -0.1) is 0 Å². The van der Waals surface area contributed by atoms with Crippen LogP contribution >= 0.6 is 0 Å². The molecular formula is C19H22N2O3. The van der Waals surface area contributed by atoms with E-state index < -0.39 is 0 Å². The van der Waals surface area contributed by atoms with Crippen LogP contribution < -0.4 is 4.74 Å². The van der Waals surface area contributed by atoms with Gasteiger partial charge in [-0.05, 0) is 42.5 Å². The molecule has 2 heterocycles. The first-order valence-corrected chi connectivity index (χ1v) is 8.57. The molecule has 0 bridgehead atoms. The number of benzene rings is 1. The van der Waals surface area contributed by atoms with Crippen molar-refractivity contribution in [3.8, 4) is 5.75 Å². The lowest BCUT2D eigenvalue weighted by Crippen LogP contribution is -2.47. The van der Waals surface area contributed by atoms with Crippen molar-refractivity contribution in [3.63, 3.8) is 0 Å². The molecule has 0 unspecified atom stereocenters. The van der Waals surface area contributed by atoms with Gasteiger partial charge in [0.05, 0.1) is 24.4 Å². The molecule has 5 heteroatoms. The molecule has 0 aromatic heterocycles. The minimum Gasteiger partial charge on any atom is -0.497 e. The Morgan fingerprint density at radius 2 is 2.12 bits per heavy atom. The first-order chi connectivity index (χ1) is 11.7. The molecular weight excluding hydrogens is 304 g/mol. The fourth-order valence-electron chi connectivity index (χ4n) is 4.53. The number of hydrogen-bond donors (Lipinski definition) is 1. The summed E-state index contributed by atoms with van der Waals surface area (Å²) in [6.45, 7) is 2.94. The van der Waals surface area contributed by atoms with Crippen LogP contribution in [0.25, 0.3) is 0 Å². The zero-order valence-electron chi connectivity index (χ0n) is 14.1. The number of carbonyl (C=O) groups is 1. The van der Waals surface area contributed by atoms with Crippen LogP contribution in [-0.4, -0.2) is 35.3 Å². The number of ether oxygens (including phenoxy) is 1. The second-order valence-electron chi connectivity index (χ2n) is 6.83. The molecule has 3 aliphatic rings. The van der Waals surface area contributed by atoms with Gasteiger partial charge in [-0.3, -0.25) is 4.79 Å². The Hall–Kier alpha value is -2.30. The van der Waals surface area contributed by atoms with Gasteiger partial charge in [-0.2, -0.15) is 0 Å². The van der Waals surface area contributed by atoms with Gasteiger partial charge >= 0.3 is 0 Å². The van der Waals surface area contributed by atoms with Crippen LogP contribution in [0.15, 0.2) is 34.6 Å². The highest BCUT2D eigenvalue weighted by Gasteiger charge is 2.44. The highest BCUT2D eigenvalue weighted by molar-refractivity contribution is 6.24. The van der Waals surface area contributed by atoms with Gasteiger partial charge in [-0.1, -0.05) is 18.1 Å². The van der Waals surface area contributed by atoms with E-state index in [2.05, 4.69) is 29.1 Å². The van der Waals surface area contributed by atoms with Gasteiger partial charge in [0.2, 0.25) is 0 Å². The number of fused-ring (bicyclic) bond motifs is 4. The summed E-state index contributed by atoms with van der Waals surface area (Å²) in [6.07, 6.45) is 3.25. The van der Waals surface area contributed by atoms with E-state index in [0.29, 0.717) is 17.7 Å². The lowest BCUT2D eigenvalue weighted by Gasteiger charge is -2.48. The smallest absolute Gasteiger partial charge is 0.166 e. The third kappa shape index (κ3) is 2.07. The maximum atomic E-state index is 12.5. The van der Waals surface area contributed by atoms with E-state index in [4.69, 9.17) is 4.74 Å². The molecule has 5 nitrogen and oxygen atoms in total. The highest BCUT2D eigenvalue weighted by Crippen LogP contribution is 2.46. The Morgan fingerprint density at radius 1 is 1.29 bits per heavy atom. The van der Waals surface area contributed by atoms with Gasteiger partial charge in [0.15, 0.2) is 5.78 Å². The number of methoxy groups -OCH3 is 1. The molecule has 1 N–H and O–H groups in total. The number of carbonyl (C=O) groups excluding carboxylic acids is 1. The highest BCUT2D eigenvalue weighted by atomic mass is 16.5. The van der Waals surface area contributed by atoms with Crippen LogP contribution in [0.4, 0.5) is 0 Å². The van der Waals surface area contributed by atoms with E-state index in [1.807, 2.05) is 6.07 Å². The maximum Gasteiger partial charge on any atom is 0.166 e. The minimum atomic E-state index is -0.0248. The van der Waals surface area contributed by atoms with Crippen LogP contribution in [0.2, 0.25) is 0 Å². The van der Waals surface area contributed by atoms with Crippen LogP contribution in [-0.2, 0) is 11.2 Å². The first kappa shape index (κ1) is 15.2. The third-order valence-corrected chi connectivity index (χ3v) is 5.63. The Kier molecular flexibility index (Phi) is 3.59. The number of hydrogen-bond acceptors (Lipinski definition) is 5. The third-order valence-electron chi connectivity index (χ3n) is 5.63. The summed E-state index contributed by atoms with van der Waals surface area (Å²) < 4.78 is 5.35. The van der Waals surface area contributed by atoms with E-state index in [9.17, 15) is 10.0 Å². The quantitative estimate of drug-likeness (QED) is 0.636. The summed E-state index contributed by atoms with van der Waals surface area (Å²) in [5.41, 5.74) is 4.83. The summed E-state index contributed by atoms with van der Waals surface area (Å²) in [5, 5.41) is 13.1. The molecule has 0 radical (unpaired) electrons. The number of Topliss-reactive ketones (excluding diaryl/α,β-unsaturated/α-hetero) is 1. The van der Waals surface area contributed by atoms with Gasteiger partial charge in [0.25, 0.3) is 0 Å². The maximum absolute atomic E-state index is 12.5. The molecule has 0 spiro atoms. The zero-order valence-corrected chi connectivity index (χ0v) is 14.1. The van der Waals surface area contributed by atoms with Crippen molar-refractivity contribution in [2.45, 2.75) is 38.6 Å². The Balaban J connectivity index is 1.86. The van der Waals surface area contributed by atoms with E-state index in [-0.39, 0.29) is 17.7 Å². The second kappa shape index (κ2) is 5.65. The molecule has 2 atom stereocenters. The lowest BCUT2D eigenvalue weighted by molar-refractivity contribution is -0.116. The Labute approximate surface area is 141 Å². The molecule has 1 aliphatic carbocycles. The summed E-state index contributed by atoms with van der Waals surface area (Å²) in [6, 6.07) is 6.33. The Morgan fingerprint density at radius 3 is 2.88 bits per heavy atom. The normalized spacial score (nSPS) is 27.7. The molecule has 24 heavy (non-hydrogen) atoms. The predicted molar refractivity (Wildman–Crippen MR) is 90.4 cm³/mol. The fraction of sp³-hybridized carbons (Fsp3) is 0.474. The first-order valence-electron chi connectivity index (χ1n) is 8.57. The zero-order chi connectivity index (χ0) is 16.8. The molecule has 0 amide bonds. The monoisotopic (exact) mass is 326 g/mol. The number of allylic oxidation sites excluding steroid dienone is 2. The number of ketones is 1. The number of rotatable bonds is 1. The largest absolute Gasteiger partial charge is 0.497 e. The van der Waals surface area contributed by atoms with Crippen molar-refractivity contribution in [2.24, 2.45) is 11.1 Å². The molecule has 126 valence electrons. The lowest BCUT2D eigenvalue weighted by atomic mass is 9.74. The second-order valence-corrected chi connectivity index (χ2v) is 6.83. The summed E-state index contributed by atoms with van der Waals surface area (Å²) in [5.74, 6) is 0.965. The molecule has 4 rings (SSSR count). The van der Waals surface area contributed by atoms with Crippen molar-refractivity contribution in [2.75, 3.05) is 13.7 Å². The topological polar surface area (TPSA) is 62.1 Å². The molecule has 1 aromatic rings. The average Bonchev–Trinajstić information content (AvgIpc) is 2.61. The van der Waals surface area contributed by atoms with Crippen LogP contribution in [0.1, 0.15) is 43.4 Å². The predicted octanol–water partition coefficient (Wildman–Crippen LogP) is 3.08. The van der Waals surface area contributed by atoms with Crippen molar-refractivity contribution in [3.05, 3.63) is 40.6 Å². The summed E-state index contributed by atoms with van der Waals surface area (Å²) >= 11 is 0. The van der Waals surface area contributed by atoms with Crippen molar-refractivity contribution < 1.29 is 14.7 Å². The van der Waals surface area contributed by atoms with Crippen molar-refractivity contribution in [1.29, 1.82) is 0 Å². The van der Waals surface area contributed by atoms with E-state index in [1.165, 1.54) is 11.1 Å². The molecule has 2 aliphatic heterocycles. The molecule has 0 saturated carbocycles. The molecule has 1 aromatic carbocycles. The van der Waals surface area contributed by atoms with Crippen molar-refractivity contribution >= 4 is 11.5 Å².